The summed E-state index contributed by atoms with van der Waals surface area (Å²) in [6.45, 7) is 3.84. The zero-order chi connectivity index (χ0) is 16.8. The fourth-order valence-electron chi connectivity index (χ4n) is 2.94. The molecule has 0 spiro atoms. The molecule has 2 aromatic carbocycles. The molecule has 3 rings (SSSR count). The highest BCUT2D eigenvalue weighted by Crippen LogP contribution is 2.23. The van der Waals surface area contributed by atoms with Crippen LogP contribution in [0.25, 0.3) is 0 Å². The third-order valence-corrected chi connectivity index (χ3v) is 4.63. The fourth-order valence-corrected chi connectivity index (χ4v) is 2.94. The molecule has 0 heterocycles. The minimum absolute atomic E-state index is 0.177. The van der Waals surface area contributed by atoms with E-state index in [0.717, 1.165) is 25.9 Å². The van der Waals surface area contributed by atoms with Crippen LogP contribution in [0.2, 0.25) is 0 Å². The van der Waals surface area contributed by atoms with E-state index < -0.39 is 0 Å². The van der Waals surface area contributed by atoms with E-state index in [0.29, 0.717) is 12.5 Å². The maximum atomic E-state index is 12.1. The quantitative estimate of drug-likeness (QED) is 0.799. The first-order valence-electron chi connectivity index (χ1n) is 8.84. The van der Waals surface area contributed by atoms with Crippen molar-refractivity contribution in [3.63, 3.8) is 0 Å². The molecule has 24 heavy (non-hydrogen) atoms. The maximum absolute atomic E-state index is 12.1. The van der Waals surface area contributed by atoms with Crippen LogP contribution in [0.4, 0.5) is 0 Å². The zero-order valence-corrected chi connectivity index (χ0v) is 14.3. The van der Waals surface area contributed by atoms with Crippen molar-refractivity contribution in [1.82, 2.24) is 10.2 Å². The third-order valence-electron chi connectivity index (χ3n) is 4.63. The van der Waals surface area contributed by atoms with E-state index in [4.69, 9.17) is 0 Å². The summed E-state index contributed by atoms with van der Waals surface area (Å²) in [5.74, 6) is 0.177. The third kappa shape index (κ3) is 4.93. The van der Waals surface area contributed by atoms with Crippen LogP contribution in [0.1, 0.15) is 43.4 Å². The topological polar surface area (TPSA) is 32.3 Å². The minimum atomic E-state index is 0.177. The lowest BCUT2D eigenvalue weighted by Crippen LogP contribution is -2.33. The molecule has 0 saturated heterocycles. The van der Waals surface area contributed by atoms with Crippen molar-refractivity contribution >= 4 is 5.91 Å². The second-order valence-corrected chi connectivity index (χ2v) is 6.63. The summed E-state index contributed by atoms with van der Waals surface area (Å²) in [4.78, 5) is 14.5. The van der Waals surface area contributed by atoms with Gasteiger partial charge in [0, 0.05) is 31.6 Å². The highest BCUT2D eigenvalue weighted by Gasteiger charge is 2.24. The number of rotatable bonds is 8. The number of carbonyl (C=O) groups excluding carboxylic acids is 1. The minimum Gasteiger partial charge on any atom is -0.353 e. The monoisotopic (exact) mass is 322 g/mol. The first-order chi connectivity index (χ1) is 11.7. The smallest absolute Gasteiger partial charge is 0.221 e. The SMILES string of the molecule is C[C@@H](c1ccccc1)N(CCC(=O)NC1CC1)Cc1ccccc1. The predicted octanol–water partition coefficient (Wildman–Crippen LogP) is 3.92. The Hall–Kier alpha value is -2.13. The lowest BCUT2D eigenvalue weighted by Gasteiger charge is -2.29. The fraction of sp³-hybridized carbons (Fsp3) is 0.381. The van der Waals surface area contributed by atoms with E-state index in [2.05, 4.69) is 65.7 Å². The van der Waals surface area contributed by atoms with Gasteiger partial charge in [0.15, 0.2) is 0 Å². The Bertz CT molecular complexity index is 637. The molecule has 1 saturated carbocycles. The molecule has 1 amide bonds. The van der Waals surface area contributed by atoms with Crippen LogP contribution >= 0.6 is 0 Å². The van der Waals surface area contributed by atoms with Crippen molar-refractivity contribution in [2.75, 3.05) is 6.54 Å². The van der Waals surface area contributed by atoms with Crippen LogP contribution in [0.3, 0.4) is 0 Å². The van der Waals surface area contributed by atoms with Gasteiger partial charge in [0.05, 0.1) is 0 Å². The number of nitrogens with zero attached hydrogens (tertiary/aromatic N) is 1. The summed E-state index contributed by atoms with van der Waals surface area (Å²) < 4.78 is 0. The van der Waals surface area contributed by atoms with Gasteiger partial charge >= 0.3 is 0 Å². The Morgan fingerprint density at radius 1 is 1.08 bits per heavy atom. The summed E-state index contributed by atoms with van der Waals surface area (Å²) in [6.07, 6.45) is 2.83. The lowest BCUT2D eigenvalue weighted by atomic mass is 10.1. The van der Waals surface area contributed by atoms with Crippen LogP contribution in [0.5, 0.6) is 0 Å². The Morgan fingerprint density at radius 3 is 2.33 bits per heavy atom. The van der Waals surface area contributed by atoms with Crippen molar-refractivity contribution in [2.45, 2.75) is 44.8 Å². The second kappa shape index (κ2) is 8.11. The van der Waals surface area contributed by atoms with Gasteiger partial charge in [-0.25, -0.2) is 0 Å². The molecule has 0 unspecified atom stereocenters. The van der Waals surface area contributed by atoms with Gasteiger partial charge < -0.3 is 5.32 Å². The van der Waals surface area contributed by atoms with Gasteiger partial charge in [-0.05, 0) is 30.9 Å². The number of carbonyl (C=O) groups is 1. The largest absolute Gasteiger partial charge is 0.353 e. The van der Waals surface area contributed by atoms with Crippen molar-refractivity contribution < 1.29 is 4.79 Å². The van der Waals surface area contributed by atoms with Crippen molar-refractivity contribution in [3.8, 4) is 0 Å². The van der Waals surface area contributed by atoms with Gasteiger partial charge in [-0.3, -0.25) is 9.69 Å². The standard InChI is InChI=1S/C21H26N2O/c1-17(19-10-6-3-7-11-19)23(16-18-8-4-2-5-9-18)15-14-21(24)22-20-12-13-20/h2-11,17,20H,12-16H2,1H3,(H,22,24)/t17-/m0/s1. The molecule has 1 atom stereocenters. The number of amides is 1. The molecule has 1 fully saturated rings. The van der Waals surface area contributed by atoms with E-state index in [9.17, 15) is 4.79 Å². The van der Waals surface area contributed by atoms with Crippen LogP contribution in [-0.2, 0) is 11.3 Å². The summed E-state index contributed by atoms with van der Waals surface area (Å²) >= 11 is 0. The molecule has 3 heteroatoms. The van der Waals surface area contributed by atoms with Crippen LogP contribution in [0, 0.1) is 0 Å². The molecule has 0 radical (unpaired) electrons. The summed E-state index contributed by atoms with van der Waals surface area (Å²) in [6, 6.07) is 21.7. The average Bonchev–Trinajstić information content (AvgIpc) is 3.43. The number of hydrogen-bond donors (Lipinski definition) is 1. The van der Waals surface area contributed by atoms with Gasteiger partial charge in [-0.15, -0.1) is 0 Å². The van der Waals surface area contributed by atoms with Crippen LogP contribution < -0.4 is 5.32 Å². The molecule has 2 aromatic rings. The lowest BCUT2D eigenvalue weighted by molar-refractivity contribution is -0.121. The first-order valence-corrected chi connectivity index (χ1v) is 8.84. The summed E-state index contributed by atoms with van der Waals surface area (Å²) in [7, 11) is 0. The van der Waals surface area contributed by atoms with E-state index in [1.807, 2.05) is 12.1 Å². The van der Waals surface area contributed by atoms with E-state index >= 15 is 0 Å². The highest BCUT2D eigenvalue weighted by atomic mass is 16.1. The first kappa shape index (κ1) is 16.7. The maximum Gasteiger partial charge on any atom is 0.221 e. The molecule has 1 aliphatic carbocycles. The Labute approximate surface area is 144 Å². The summed E-state index contributed by atoms with van der Waals surface area (Å²) in [5.41, 5.74) is 2.57. The summed E-state index contributed by atoms with van der Waals surface area (Å²) in [5, 5.41) is 3.09. The molecular formula is C21H26N2O. The molecule has 1 aliphatic rings. The van der Waals surface area contributed by atoms with Crippen molar-refractivity contribution in [1.29, 1.82) is 0 Å². The van der Waals surface area contributed by atoms with Gasteiger partial charge in [0.1, 0.15) is 0 Å². The molecule has 1 N–H and O–H groups in total. The Kier molecular flexibility index (Phi) is 5.65. The molecule has 0 aliphatic heterocycles. The molecule has 3 nitrogen and oxygen atoms in total. The normalized spacial score (nSPS) is 15.2. The molecule has 0 bridgehead atoms. The van der Waals surface area contributed by atoms with Gasteiger partial charge in [0.25, 0.3) is 0 Å². The predicted molar refractivity (Wildman–Crippen MR) is 97.5 cm³/mol. The van der Waals surface area contributed by atoms with E-state index in [1.165, 1.54) is 11.1 Å². The number of nitrogens with one attached hydrogen (secondary N) is 1. The van der Waals surface area contributed by atoms with Crippen LogP contribution in [0.15, 0.2) is 60.7 Å². The Balaban J connectivity index is 1.66. The number of benzene rings is 2. The Morgan fingerprint density at radius 2 is 1.71 bits per heavy atom. The van der Waals surface area contributed by atoms with Crippen molar-refractivity contribution in [2.24, 2.45) is 0 Å². The molecular weight excluding hydrogens is 296 g/mol. The van der Waals surface area contributed by atoms with E-state index in [-0.39, 0.29) is 11.9 Å². The molecule has 0 aromatic heterocycles. The van der Waals surface area contributed by atoms with Crippen LogP contribution in [-0.4, -0.2) is 23.4 Å². The van der Waals surface area contributed by atoms with Gasteiger partial charge in [-0.1, -0.05) is 60.7 Å². The highest BCUT2D eigenvalue weighted by molar-refractivity contribution is 5.76. The van der Waals surface area contributed by atoms with Crippen molar-refractivity contribution in [3.05, 3.63) is 71.8 Å². The van der Waals surface area contributed by atoms with E-state index in [1.54, 1.807) is 0 Å². The number of hydrogen-bond acceptors (Lipinski definition) is 2. The second-order valence-electron chi connectivity index (χ2n) is 6.63. The van der Waals surface area contributed by atoms with Gasteiger partial charge in [-0.2, -0.15) is 0 Å². The molecule has 126 valence electrons. The zero-order valence-electron chi connectivity index (χ0n) is 14.3. The average molecular weight is 322 g/mol. The van der Waals surface area contributed by atoms with Gasteiger partial charge in [0.2, 0.25) is 5.91 Å².